The molecule has 0 aromatic carbocycles. The Morgan fingerprint density at radius 2 is 1.87 bits per heavy atom. The molecule has 0 aromatic rings. The van der Waals surface area contributed by atoms with Crippen molar-refractivity contribution < 1.29 is 0 Å². The van der Waals surface area contributed by atoms with E-state index >= 15 is 0 Å². The van der Waals surface area contributed by atoms with Gasteiger partial charge in [0.1, 0.15) is 0 Å². The fraction of sp³-hybridized carbons (Fsp3) is 0.200. The molecule has 0 nitrogen and oxygen atoms in total. The van der Waals surface area contributed by atoms with Crippen LogP contribution in [0.5, 0.6) is 0 Å². The van der Waals surface area contributed by atoms with Crippen molar-refractivity contribution in [1.29, 1.82) is 0 Å². The van der Waals surface area contributed by atoms with Crippen LogP contribution >= 0.6 is 0 Å². The summed E-state index contributed by atoms with van der Waals surface area (Å²) in [4.78, 5) is 0. The maximum atomic E-state index is 2.27. The Morgan fingerprint density at radius 1 is 0.933 bits per heavy atom. The highest BCUT2D eigenvalue weighted by Gasteiger charge is 2.15. The van der Waals surface area contributed by atoms with Crippen LogP contribution in [0, 0.1) is 0 Å². The van der Waals surface area contributed by atoms with E-state index in [0.717, 1.165) is 6.42 Å². The third-order valence-electron chi connectivity index (χ3n) is 3.18. The average Bonchev–Trinajstić information content (AvgIpc) is 2.61. The molecule has 0 saturated carbocycles. The number of hydrogen-bond donors (Lipinski definition) is 0. The van der Waals surface area contributed by atoms with E-state index < -0.39 is 0 Å². The lowest BCUT2D eigenvalue weighted by Gasteiger charge is -2.14. The summed E-state index contributed by atoms with van der Waals surface area (Å²) in [7, 11) is 0. The van der Waals surface area contributed by atoms with Crippen LogP contribution in [0.2, 0.25) is 0 Å². The summed E-state index contributed by atoms with van der Waals surface area (Å²) in [6.07, 6.45) is 21.3. The monoisotopic (exact) mass is 194 g/mol. The van der Waals surface area contributed by atoms with Crippen LogP contribution in [0.1, 0.15) is 19.3 Å². The van der Waals surface area contributed by atoms with Crippen LogP contribution in [-0.2, 0) is 0 Å². The molecular weight excluding hydrogens is 180 g/mol. The summed E-state index contributed by atoms with van der Waals surface area (Å²) >= 11 is 0. The van der Waals surface area contributed by atoms with E-state index in [9.17, 15) is 0 Å². The van der Waals surface area contributed by atoms with Crippen molar-refractivity contribution in [3.63, 3.8) is 0 Å². The van der Waals surface area contributed by atoms with Crippen LogP contribution in [0.4, 0.5) is 0 Å². The Hall–Kier alpha value is -1.56. The van der Waals surface area contributed by atoms with Gasteiger partial charge in [0.2, 0.25) is 0 Å². The van der Waals surface area contributed by atoms with Gasteiger partial charge in [0.15, 0.2) is 0 Å². The average molecular weight is 194 g/mol. The maximum Gasteiger partial charge on any atom is -0.00228 e. The second kappa shape index (κ2) is 3.54. The lowest BCUT2D eigenvalue weighted by atomic mass is 9.90. The molecule has 0 unspecified atom stereocenters. The SMILES string of the molecule is C1=CC=C2CC(=C1)C=CC1=C2CCC=C1. The van der Waals surface area contributed by atoms with Gasteiger partial charge in [-0.15, -0.1) is 0 Å². The quantitative estimate of drug-likeness (QED) is 0.546. The van der Waals surface area contributed by atoms with Crippen molar-refractivity contribution in [2.75, 3.05) is 0 Å². The molecule has 3 aliphatic rings. The molecule has 0 N–H and O–H groups in total. The van der Waals surface area contributed by atoms with Gasteiger partial charge in [-0.2, -0.15) is 0 Å². The van der Waals surface area contributed by atoms with Crippen LogP contribution in [0.25, 0.3) is 0 Å². The summed E-state index contributed by atoms with van der Waals surface area (Å²) in [6, 6.07) is 0. The van der Waals surface area contributed by atoms with Gasteiger partial charge in [0.25, 0.3) is 0 Å². The molecule has 15 heavy (non-hydrogen) atoms. The summed E-state index contributed by atoms with van der Waals surface area (Å²) in [6.45, 7) is 0. The third-order valence-corrected chi connectivity index (χ3v) is 3.18. The van der Waals surface area contributed by atoms with Crippen LogP contribution in [0.15, 0.2) is 70.9 Å². The first-order valence-corrected chi connectivity index (χ1v) is 5.58. The zero-order valence-corrected chi connectivity index (χ0v) is 8.74. The van der Waals surface area contributed by atoms with Gasteiger partial charge >= 0.3 is 0 Å². The van der Waals surface area contributed by atoms with Crippen LogP contribution < -0.4 is 0 Å². The largest absolute Gasteiger partial charge is 0.0836 e. The molecule has 74 valence electrons. The molecule has 3 rings (SSSR count). The maximum absolute atomic E-state index is 2.27. The lowest BCUT2D eigenvalue weighted by Crippen LogP contribution is -1.96. The Labute approximate surface area is 90.7 Å². The minimum atomic E-state index is 1.09. The fourth-order valence-corrected chi connectivity index (χ4v) is 2.39. The molecule has 0 heterocycles. The normalized spacial score (nSPS) is 22.9. The Balaban J connectivity index is 2.16. The lowest BCUT2D eigenvalue weighted by molar-refractivity contribution is 0.942. The van der Waals surface area contributed by atoms with Crippen molar-refractivity contribution in [1.82, 2.24) is 0 Å². The van der Waals surface area contributed by atoms with E-state index in [1.54, 1.807) is 5.57 Å². The van der Waals surface area contributed by atoms with Gasteiger partial charge in [-0.3, -0.25) is 0 Å². The molecule has 2 bridgehead atoms. The van der Waals surface area contributed by atoms with E-state index in [0.29, 0.717) is 0 Å². The fourth-order valence-electron chi connectivity index (χ4n) is 2.39. The van der Waals surface area contributed by atoms with E-state index in [4.69, 9.17) is 0 Å². The second-order valence-electron chi connectivity index (χ2n) is 4.20. The summed E-state index contributed by atoms with van der Waals surface area (Å²) < 4.78 is 0. The van der Waals surface area contributed by atoms with E-state index in [1.165, 1.54) is 29.6 Å². The molecule has 0 fully saturated rings. The summed E-state index contributed by atoms with van der Waals surface area (Å²) in [5, 5.41) is 0. The molecule has 0 amide bonds. The molecule has 0 radical (unpaired) electrons. The molecule has 0 saturated heterocycles. The number of fused-ring (bicyclic) bond motifs is 3. The molecule has 3 aliphatic carbocycles. The molecule has 0 atom stereocenters. The Bertz CT molecular complexity index is 462. The van der Waals surface area contributed by atoms with E-state index in [2.05, 4.69) is 48.6 Å². The highest BCUT2D eigenvalue weighted by molar-refractivity contribution is 5.55. The van der Waals surface area contributed by atoms with Crippen molar-refractivity contribution >= 4 is 0 Å². The smallest absolute Gasteiger partial charge is 0.00228 e. The predicted molar refractivity (Wildman–Crippen MR) is 64.5 cm³/mol. The Morgan fingerprint density at radius 3 is 2.87 bits per heavy atom. The standard InChI is InChI=1S/C15H14/c1-2-7-14-11-12(5-1)9-10-13-6-3-4-8-15(13)14/h1-3,5-7,9-10H,4,8,11H2. The highest BCUT2D eigenvalue weighted by Crippen LogP contribution is 2.34. The van der Waals surface area contributed by atoms with Crippen molar-refractivity contribution in [3.05, 3.63) is 70.9 Å². The van der Waals surface area contributed by atoms with Gasteiger partial charge in [-0.1, -0.05) is 48.6 Å². The number of allylic oxidation sites excluding steroid dienone is 12. The summed E-state index contributed by atoms with van der Waals surface area (Å²) in [5.74, 6) is 0. The topological polar surface area (TPSA) is 0 Å². The van der Waals surface area contributed by atoms with Crippen molar-refractivity contribution in [3.8, 4) is 0 Å². The first kappa shape index (κ1) is 8.72. The van der Waals surface area contributed by atoms with Crippen LogP contribution in [0.3, 0.4) is 0 Å². The first-order valence-electron chi connectivity index (χ1n) is 5.58. The molecule has 0 spiro atoms. The summed E-state index contributed by atoms with van der Waals surface area (Å²) in [5.41, 5.74) is 5.87. The molecule has 0 aromatic heterocycles. The van der Waals surface area contributed by atoms with Crippen molar-refractivity contribution in [2.45, 2.75) is 19.3 Å². The molecule has 0 aliphatic heterocycles. The van der Waals surface area contributed by atoms with E-state index in [-0.39, 0.29) is 0 Å². The Kier molecular flexibility index (Phi) is 2.06. The predicted octanol–water partition coefficient (Wildman–Crippen LogP) is 4.02. The zero-order valence-electron chi connectivity index (χ0n) is 8.74. The molecular formula is C15H14. The van der Waals surface area contributed by atoms with Gasteiger partial charge in [0, 0.05) is 0 Å². The van der Waals surface area contributed by atoms with Gasteiger partial charge < -0.3 is 0 Å². The van der Waals surface area contributed by atoms with Gasteiger partial charge in [-0.05, 0) is 41.6 Å². The number of hydrogen-bond acceptors (Lipinski definition) is 0. The molecule has 0 heteroatoms. The van der Waals surface area contributed by atoms with Crippen LogP contribution in [-0.4, -0.2) is 0 Å². The minimum absolute atomic E-state index is 1.09. The van der Waals surface area contributed by atoms with E-state index in [1.807, 2.05) is 0 Å². The zero-order chi connectivity index (χ0) is 10.1. The second-order valence-corrected chi connectivity index (χ2v) is 4.20. The van der Waals surface area contributed by atoms with Gasteiger partial charge in [-0.25, -0.2) is 0 Å². The first-order chi connectivity index (χ1) is 7.43. The third kappa shape index (κ3) is 1.56. The van der Waals surface area contributed by atoms with Gasteiger partial charge in [0.05, 0.1) is 0 Å². The van der Waals surface area contributed by atoms with Crippen molar-refractivity contribution in [2.24, 2.45) is 0 Å². The number of rotatable bonds is 0. The minimum Gasteiger partial charge on any atom is -0.0836 e. The highest BCUT2D eigenvalue weighted by atomic mass is 14.2.